The Morgan fingerprint density at radius 3 is 1.44 bits per heavy atom. The number of carboxylic acids is 1. The number of carbonyl (C=O) groups is 2. The fraction of sp³-hybridized carbons (Fsp3) is 0.263. The summed E-state index contributed by atoms with van der Waals surface area (Å²) in [4.78, 5) is 28.8. The van der Waals surface area contributed by atoms with Crippen molar-refractivity contribution in [2.75, 3.05) is 49.4 Å². The molecule has 7 nitrogen and oxygen atoms in total. The quantitative estimate of drug-likeness (QED) is 0.683. The van der Waals surface area contributed by atoms with Crippen molar-refractivity contribution in [1.29, 1.82) is 0 Å². The van der Waals surface area contributed by atoms with Crippen molar-refractivity contribution < 1.29 is 45.7 Å². The number of aliphatic carboxylic acids is 1. The molecule has 0 aliphatic heterocycles. The molecule has 2 aromatic carbocycles. The van der Waals surface area contributed by atoms with Gasteiger partial charge in [-0.15, -0.1) is 0 Å². The van der Waals surface area contributed by atoms with E-state index in [0.717, 1.165) is 11.4 Å². The van der Waals surface area contributed by atoms with Crippen LogP contribution in [-0.4, -0.2) is 51.8 Å². The normalized spacial score (nSPS) is 9.78. The van der Waals surface area contributed by atoms with Gasteiger partial charge in [0, 0.05) is 39.6 Å². The van der Waals surface area contributed by atoms with Gasteiger partial charge in [0.05, 0.1) is 11.4 Å². The number of benzene rings is 2. The zero-order valence-corrected chi connectivity index (χ0v) is 18.4. The number of nitrogens with zero attached hydrogens (tertiary/aromatic N) is 3. The number of hydrogen-bond acceptors (Lipinski definition) is 4. The summed E-state index contributed by atoms with van der Waals surface area (Å²) in [5.74, 6) is -1.09. The molecule has 140 valence electrons. The van der Waals surface area contributed by atoms with E-state index in [1.165, 1.54) is 4.90 Å². The van der Waals surface area contributed by atoms with Crippen molar-refractivity contribution in [3.8, 4) is 0 Å². The monoisotopic (exact) mass is 380 g/mol. The van der Waals surface area contributed by atoms with E-state index in [2.05, 4.69) is 5.32 Å². The zero-order chi connectivity index (χ0) is 19.3. The molecule has 0 atom stereocenters. The van der Waals surface area contributed by atoms with E-state index in [0.29, 0.717) is 11.4 Å². The molecular weight excluding hydrogens is 355 g/mol. The van der Waals surface area contributed by atoms with Crippen LogP contribution in [-0.2, 0) is 4.79 Å². The smallest absolute Gasteiger partial charge is 1.00 e. The predicted molar refractivity (Wildman–Crippen MR) is 106 cm³/mol. The third-order valence-corrected chi connectivity index (χ3v) is 3.84. The summed E-state index contributed by atoms with van der Waals surface area (Å²) in [6.07, 6.45) is 0. The number of rotatable bonds is 6. The van der Waals surface area contributed by atoms with E-state index in [-0.39, 0.29) is 31.0 Å². The van der Waals surface area contributed by atoms with E-state index < -0.39 is 18.5 Å². The predicted octanol–water partition coefficient (Wildman–Crippen LogP) is -0.133. The Bertz CT molecular complexity index is 716. The first kappa shape index (κ1) is 22.8. The average molecular weight is 380 g/mol. The number of carboxylic acid groups (broad SMARTS) is 1. The Morgan fingerprint density at radius 2 is 1.15 bits per heavy atom. The third-order valence-electron chi connectivity index (χ3n) is 3.84. The fourth-order valence-electron chi connectivity index (χ4n) is 2.41. The van der Waals surface area contributed by atoms with Gasteiger partial charge in [0.2, 0.25) is 0 Å². The maximum absolute atomic E-state index is 12.6. The van der Waals surface area contributed by atoms with Crippen molar-refractivity contribution >= 4 is 34.7 Å². The van der Waals surface area contributed by atoms with Crippen molar-refractivity contribution in [3.63, 3.8) is 0 Å². The maximum Gasteiger partial charge on any atom is 1.00 e. The molecule has 2 rings (SSSR count). The second-order valence-electron chi connectivity index (χ2n) is 6.21. The Hall–Kier alpha value is -2.22. The fourth-order valence-corrected chi connectivity index (χ4v) is 2.41. The van der Waals surface area contributed by atoms with Gasteiger partial charge in [-0.1, -0.05) is 0 Å². The molecule has 0 bridgehead atoms. The van der Waals surface area contributed by atoms with E-state index >= 15 is 0 Å². The molecule has 0 aliphatic rings. The van der Waals surface area contributed by atoms with Crippen LogP contribution in [0.3, 0.4) is 0 Å². The summed E-state index contributed by atoms with van der Waals surface area (Å²) in [5.41, 5.74) is 3.30. The van der Waals surface area contributed by atoms with Crippen molar-refractivity contribution in [2.24, 2.45) is 0 Å². The Morgan fingerprint density at radius 1 is 0.815 bits per heavy atom. The van der Waals surface area contributed by atoms with Gasteiger partial charge in [-0.25, -0.2) is 4.79 Å². The molecule has 0 unspecified atom stereocenters. The minimum absolute atomic E-state index is 0. The van der Waals surface area contributed by atoms with Gasteiger partial charge >= 0.3 is 41.6 Å². The molecule has 0 aliphatic carbocycles. The van der Waals surface area contributed by atoms with Gasteiger partial charge in [-0.2, -0.15) is 0 Å². The van der Waals surface area contributed by atoms with Crippen LogP contribution in [0.5, 0.6) is 0 Å². The number of urea groups is 1. The molecule has 2 N–H and O–H groups in total. The first-order chi connectivity index (χ1) is 12.3. The van der Waals surface area contributed by atoms with E-state index in [4.69, 9.17) is 5.11 Å². The van der Waals surface area contributed by atoms with Gasteiger partial charge in [0.15, 0.2) is 0 Å². The first-order valence-corrected chi connectivity index (χ1v) is 8.14. The second-order valence-corrected chi connectivity index (χ2v) is 6.21. The summed E-state index contributed by atoms with van der Waals surface area (Å²) in [6.45, 7) is -0.444. The topological polar surface area (TPSA) is 76.1 Å². The standard InChI is InChI=1S/C19H24N4O3.Na.H/c1-21(2)14-5-9-16(10-6-14)23(19(26)20-13-18(24)25)17-11-7-15(8-12-17)22(3)4;;/h5-12H,13H2,1-4H3,(H,20,26)(H,24,25);;/q;+1;-1. The summed E-state index contributed by atoms with van der Waals surface area (Å²) in [7, 11) is 7.75. The summed E-state index contributed by atoms with van der Waals surface area (Å²) >= 11 is 0. The number of amides is 2. The minimum atomic E-state index is -1.09. The molecule has 0 radical (unpaired) electrons. The van der Waals surface area contributed by atoms with Gasteiger partial charge < -0.3 is 21.6 Å². The van der Waals surface area contributed by atoms with Gasteiger partial charge in [-0.3, -0.25) is 9.69 Å². The molecule has 0 fully saturated rings. The molecule has 0 heterocycles. The number of anilines is 4. The molecule has 2 amide bonds. The van der Waals surface area contributed by atoms with Crippen molar-refractivity contribution in [3.05, 3.63) is 48.5 Å². The van der Waals surface area contributed by atoms with Crippen LogP contribution >= 0.6 is 0 Å². The number of hydrogen-bond donors (Lipinski definition) is 2. The van der Waals surface area contributed by atoms with Crippen molar-refractivity contribution in [1.82, 2.24) is 5.32 Å². The molecule has 2 aromatic rings. The Labute approximate surface area is 183 Å². The molecule has 0 spiro atoms. The zero-order valence-electron chi connectivity index (χ0n) is 17.4. The molecule has 0 aromatic heterocycles. The number of nitrogens with one attached hydrogen (secondary N) is 1. The Kier molecular flexibility index (Phi) is 8.62. The molecule has 0 saturated heterocycles. The summed E-state index contributed by atoms with van der Waals surface area (Å²) in [5, 5.41) is 11.3. The Balaban J connectivity index is 0.00000364. The molecule has 0 saturated carbocycles. The minimum Gasteiger partial charge on any atom is -1.00 e. The van der Waals surface area contributed by atoms with Crippen LogP contribution in [0, 0.1) is 0 Å². The van der Waals surface area contributed by atoms with Crippen LogP contribution in [0.15, 0.2) is 48.5 Å². The third kappa shape index (κ3) is 6.16. The number of carbonyl (C=O) groups excluding carboxylic acids is 1. The van der Waals surface area contributed by atoms with Gasteiger partial charge in [-0.05, 0) is 48.5 Å². The van der Waals surface area contributed by atoms with Crippen LogP contribution in [0.1, 0.15) is 1.43 Å². The first-order valence-electron chi connectivity index (χ1n) is 8.14. The van der Waals surface area contributed by atoms with Crippen LogP contribution in [0.4, 0.5) is 27.5 Å². The van der Waals surface area contributed by atoms with Crippen LogP contribution in [0.2, 0.25) is 0 Å². The van der Waals surface area contributed by atoms with E-state index in [1.54, 1.807) is 0 Å². The SMILES string of the molecule is CN(C)c1ccc(N(C(=O)NCC(=O)O)c2ccc(N(C)C)cc2)cc1.[H-].[Na+]. The van der Waals surface area contributed by atoms with Gasteiger partial charge in [0.1, 0.15) is 6.54 Å². The largest absolute Gasteiger partial charge is 1.00 e. The summed E-state index contributed by atoms with van der Waals surface area (Å²) in [6, 6.07) is 14.4. The van der Waals surface area contributed by atoms with Crippen molar-refractivity contribution in [2.45, 2.75) is 0 Å². The maximum atomic E-state index is 12.6. The van der Waals surface area contributed by atoms with Gasteiger partial charge in [0.25, 0.3) is 0 Å². The molecular formula is C19H25N4NaO3. The van der Waals surface area contributed by atoms with Crippen LogP contribution < -0.4 is 49.6 Å². The van der Waals surface area contributed by atoms with Crippen LogP contribution in [0.25, 0.3) is 0 Å². The summed E-state index contributed by atoms with van der Waals surface area (Å²) < 4.78 is 0. The average Bonchev–Trinajstić information content (AvgIpc) is 2.61. The van der Waals surface area contributed by atoms with E-state index in [9.17, 15) is 9.59 Å². The molecule has 8 heteroatoms. The van der Waals surface area contributed by atoms with E-state index in [1.807, 2.05) is 86.5 Å². The molecule has 27 heavy (non-hydrogen) atoms. The second kappa shape index (κ2) is 10.2.